The van der Waals surface area contributed by atoms with Gasteiger partial charge in [-0.3, -0.25) is 9.69 Å². The number of aliphatic hydroxyl groups is 2. The van der Waals surface area contributed by atoms with Crippen LogP contribution in [0.5, 0.6) is 0 Å². The third-order valence-electron chi connectivity index (χ3n) is 4.61. The van der Waals surface area contributed by atoms with Gasteiger partial charge in [0.15, 0.2) is 0 Å². The fourth-order valence-corrected chi connectivity index (χ4v) is 3.09. The molecule has 1 saturated heterocycles. The van der Waals surface area contributed by atoms with Gasteiger partial charge in [0.1, 0.15) is 17.1 Å². The Balaban J connectivity index is 2.12. The van der Waals surface area contributed by atoms with Crippen molar-refractivity contribution in [2.45, 2.75) is 45.8 Å². The van der Waals surface area contributed by atoms with Gasteiger partial charge in [0.05, 0.1) is 25.3 Å². The number of β-amino-alcohol motifs (C(OH)–C–C–N with tert-alkyl or cyclic N) is 1. The number of aliphatic hydroxyl groups excluding tert-OH is 1. The number of likely N-dealkylation sites (tertiary alicyclic amines) is 1. The van der Waals surface area contributed by atoms with Crippen LogP contribution in [0.25, 0.3) is 0 Å². The average Bonchev–Trinajstić information content (AvgIpc) is 2.92. The predicted octanol–water partition coefficient (Wildman–Crippen LogP) is 1.39. The number of carbonyl (C=O) groups is 1. The van der Waals surface area contributed by atoms with Crippen LogP contribution in [0.1, 0.15) is 48.6 Å². The minimum Gasteiger partial charge on any atom is -0.464 e. The summed E-state index contributed by atoms with van der Waals surface area (Å²) >= 11 is 0. The van der Waals surface area contributed by atoms with Gasteiger partial charge in [-0.15, -0.1) is 0 Å². The van der Waals surface area contributed by atoms with E-state index in [9.17, 15) is 15.0 Å². The number of hydrogen-bond acceptors (Lipinski definition) is 5. The van der Waals surface area contributed by atoms with Gasteiger partial charge in [0.2, 0.25) is 0 Å². The van der Waals surface area contributed by atoms with E-state index in [1.54, 1.807) is 11.8 Å². The Morgan fingerprint density at radius 1 is 1.43 bits per heavy atom. The van der Waals surface area contributed by atoms with Crippen molar-refractivity contribution in [2.75, 3.05) is 32.8 Å². The monoisotopic (exact) mass is 324 g/mol. The van der Waals surface area contributed by atoms with Gasteiger partial charge in [-0.1, -0.05) is 13.8 Å². The van der Waals surface area contributed by atoms with Crippen molar-refractivity contribution < 1.29 is 19.4 Å². The topological polar surface area (TPSA) is 77.2 Å². The molecule has 6 heteroatoms. The van der Waals surface area contributed by atoms with E-state index in [1.807, 2.05) is 6.07 Å². The molecule has 1 aromatic rings. The summed E-state index contributed by atoms with van der Waals surface area (Å²) in [5.74, 6) is 1.25. The average molecular weight is 324 g/mol. The van der Waals surface area contributed by atoms with Crippen LogP contribution in [0.15, 0.2) is 10.5 Å². The van der Waals surface area contributed by atoms with Gasteiger partial charge in [-0.25, -0.2) is 0 Å². The number of hydrogen-bond donors (Lipinski definition) is 2. The number of rotatable bonds is 6. The molecule has 0 aliphatic carbocycles. The molecule has 23 heavy (non-hydrogen) atoms. The predicted molar refractivity (Wildman–Crippen MR) is 87.2 cm³/mol. The molecular formula is C17H28N2O4. The Morgan fingerprint density at radius 3 is 2.74 bits per heavy atom. The number of nitrogens with zero attached hydrogens (tertiary/aromatic N) is 2. The summed E-state index contributed by atoms with van der Waals surface area (Å²) in [6, 6.07) is 1.81. The third-order valence-corrected chi connectivity index (χ3v) is 4.61. The first-order valence-corrected chi connectivity index (χ1v) is 8.36. The van der Waals surface area contributed by atoms with Gasteiger partial charge in [0, 0.05) is 6.54 Å². The molecule has 6 nitrogen and oxygen atoms in total. The molecule has 0 saturated carbocycles. The molecule has 0 radical (unpaired) electrons. The van der Waals surface area contributed by atoms with Crippen LogP contribution in [0.4, 0.5) is 0 Å². The van der Waals surface area contributed by atoms with E-state index in [1.165, 1.54) is 0 Å². The van der Waals surface area contributed by atoms with Gasteiger partial charge in [0.25, 0.3) is 5.91 Å². The molecule has 1 aliphatic heterocycles. The Kier molecular flexibility index (Phi) is 5.84. The molecule has 1 amide bonds. The summed E-state index contributed by atoms with van der Waals surface area (Å²) in [5.41, 5.74) is -0.635. The maximum atomic E-state index is 12.7. The SMILES string of the molecule is CCN(CC)Cc1cc(C(=O)N2CCC[C@](O)(CO)C2)c(C)o1. The molecule has 0 aromatic carbocycles. The maximum Gasteiger partial charge on any atom is 0.257 e. The van der Waals surface area contributed by atoms with Crippen LogP contribution in [0.2, 0.25) is 0 Å². The van der Waals surface area contributed by atoms with E-state index in [0.29, 0.717) is 37.3 Å². The van der Waals surface area contributed by atoms with E-state index < -0.39 is 5.60 Å². The van der Waals surface area contributed by atoms with Crippen molar-refractivity contribution in [1.82, 2.24) is 9.80 Å². The molecule has 0 unspecified atom stereocenters. The van der Waals surface area contributed by atoms with E-state index in [0.717, 1.165) is 18.8 Å². The Bertz CT molecular complexity index is 539. The molecule has 2 N–H and O–H groups in total. The maximum absolute atomic E-state index is 12.7. The highest BCUT2D eigenvalue weighted by Crippen LogP contribution is 2.24. The van der Waals surface area contributed by atoms with Crippen LogP contribution >= 0.6 is 0 Å². The van der Waals surface area contributed by atoms with Crippen molar-refractivity contribution in [3.05, 3.63) is 23.2 Å². The summed E-state index contributed by atoms with van der Waals surface area (Å²) in [6.07, 6.45) is 1.21. The van der Waals surface area contributed by atoms with Crippen LogP contribution < -0.4 is 0 Å². The summed E-state index contributed by atoms with van der Waals surface area (Å²) in [4.78, 5) is 16.6. The molecule has 1 aromatic heterocycles. The summed E-state index contributed by atoms with van der Waals surface area (Å²) < 4.78 is 5.74. The summed E-state index contributed by atoms with van der Waals surface area (Å²) in [5, 5.41) is 19.6. The molecule has 2 rings (SSSR count). The first kappa shape index (κ1) is 18.0. The second kappa shape index (κ2) is 7.47. The molecule has 0 spiro atoms. The lowest BCUT2D eigenvalue weighted by Crippen LogP contribution is -2.52. The Labute approximate surface area is 137 Å². The lowest BCUT2D eigenvalue weighted by molar-refractivity contribution is -0.0598. The summed E-state index contributed by atoms with van der Waals surface area (Å²) in [7, 11) is 0. The Hall–Kier alpha value is -1.37. The molecule has 1 aliphatic rings. The van der Waals surface area contributed by atoms with Gasteiger partial charge < -0.3 is 19.5 Å². The molecule has 0 bridgehead atoms. The quantitative estimate of drug-likeness (QED) is 0.827. The highest BCUT2D eigenvalue weighted by molar-refractivity contribution is 5.95. The zero-order valence-corrected chi connectivity index (χ0v) is 14.3. The number of amides is 1. The van der Waals surface area contributed by atoms with E-state index >= 15 is 0 Å². The van der Waals surface area contributed by atoms with E-state index in [4.69, 9.17) is 4.42 Å². The van der Waals surface area contributed by atoms with Crippen LogP contribution in [0.3, 0.4) is 0 Å². The second-order valence-electron chi connectivity index (χ2n) is 6.36. The molecule has 130 valence electrons. The number of furan rings is 1. The Morgan fingerprint density at radius 2 is 2.13 bits per heavy atom. The zero-order valence-electron chi connectivity index (χ0n) is 14.3. The normalized spacial score (nSPS) is 21.9. The number of carbonyl (C=O) groups excluding carboxylic acids is 1. The number of piperidine rings is 1. The van der Waals surface area contributed by atoms with Gasteiger partial charge in [-0.05, 0) is 38.9 Å². The van der Waals surface area contributed by atoms with Crippen LogP contribution in [-0.2, 0) is 6.54 Å². The first-order valence-electron chi connectivity index (χ1n) is 8.36. The lowest BCUT2D eigenvalue weighted by atomic mass is 9.93. The third kappa shape index (κ3) is 4.13. The van der Waals surface area contributed by atoms with E-state index in [2.05, 4.69) is 18.7 Å². The zero-order chi connectivity index (χ0) is 17.0. The fraction of sp³-hybridized carbons (Fsp3) is 0.706. The first-order chi connectivity index (χ1) is 10.9. The van der Waals surface area contributed by atoms with E-state index in [-0.39, 0.29) is 19.1 Å². The lowest BCUT2D eigenvalue weighted by Gasteiger charge is -2.37. The largest absolute Gasteiger partial charge is 0.464 e. The van der Waals surface area contributed by atoms with Crippen molar-refractivity contribution in [3.8, 4) is 0 Å². The summed E-state index contributed by atoms with van der Waals surface area (Å²) in [6.45, 7) is 8.95. The molecule has 1 atom stereocenters. The fourth-order valence-electron chi connectivity index (χ4n) is 3.09. The van der Waals surface area contributed by atoms with Crippen molar-refractivity contribution in [1.29, 1.82) is 0 Å². The smallest absolute Gasteiger partial charge is 0.257 e. The van der Waals surface area contributed by atoms with Crippen molar-refractivity contribution in [2.24, 2.45) is 0 Å². The van der Waals surface area contributed by atoms with Crippen LogP contribution in [0, 0.1) is 6.92 Å². The van der Waals surface area contributed by atoms with Gasteiger partial charge >= 0.3 is 0 Å². The number of aryl methyl sites for hydroxylation is 1. The van der Waals surface area contributed by atoms with Crippen molar-refractivity contribution >= 4 is 5.91 Å². The molecular weight excluding hydrogens is 296 g/mol. The molecule has 1 fully saturated rings. The van der Waals surface area contributed by atoms with Gasteiger partial charge in [-0.2, -0.15) is 0 Å². The minimum absolute atomic E-state index is 0.136. The second-order valence-corrected chi connectivity index (χ2v) is 6.36. The highest BCUT2D eigenvalue weighted by atomic mass is 16.3. The standard InChI is InChI=1S/C17H28N2O4/c1-4-18(5-2)10-14-9-15(13(3)23-14)16(21)19-8-6-7-17(22,11-19)12-20/h9,20,22H,4-8,10-12H2,1-3H3/t17-/m1/s1. The molecule has 2 heterocycles. The van der Waals surface area contributed by atoms with Crippen LogP contribution in [-0.4, -0.2) is 64.3 Å². The highest BCUT2D eigenvalue weighted by Gasteiger charge is 2.35. The van der Waals surface area contributed by atoms with Crippen molar-refractivity contribution in [3.63, 3.8) is 0 Å². The minimum atomic E-state index is -1.18.